The Balaban J connectivity index is 1.64. The number of carbonyl (C=O) groups excluding carboxylic acids is 1. The highest BCUT2D eigenvalue weighted by Crippen LogP contribution is 2.16. The van der Waals surface area contributed by atoms with Crippen LogP contribution in [-0.2, 0) is 6.54 Å². The lowest BCUT2D eigenvalue weighted by Crippen LogP contribution is -2.44. The molecule has 4 heteroatoms. The molecular formula is C24H31N3O. The molecule has 1 fully saturated rings. The van der Waals surface area contributed by atoms with E-state index in [-0.39, 0.29) is 6.03 Å². The Morgan fingerprint density at radius 3 is 2.39 bits per heavy atom. The van der Waals surface area contributed by atoms with Crippen molar-refractivity contribution in [2.24, 2.45) is 5.92 Å². The van der Waals surface area contributed by atoms with Gasteiger partial charge in [0, 0.05) is 19.6 Å². The van der Waals surface area contributed by atoms with E-state index in [1.54, 1.807) is 0 Å². The first kappa shape index (κ1) is 20.2. The fourth-order valence-corrected chi connectivity index (χ4v) is 3.66. The Morgan fingerprint density at radius 1 is 1.07 bits per heavy atom. The summed E-state index contributed by atoms with van der Waals surface area (Å²) in [7, 11) is 0. The SMILES string of the molecule is CC(=Cc1ccccc1)CN(CC1CCNCC1)C(=O)NCc1ccccc1. The minimum atomic E-state index is 0.0168. The number of benzene rings is 2. The van der Waals surface area contributed by atoms with Crippen molar-refractivity contribution in [3.8, 4) is 0 Å². The van der Waals surface area contributed by atoms with Crippen LogP contribution in [-0.4, -0.2) is 37.1 Å². The number of nitrogens with one attached hydrogen (secondary N) is 2. The van der Waals surface area contributed by atoms with Crippen LogP contribution in [0.15, 0.2) is 66.2 Å². The van der Waals surface area contributed by atoms with E-state index in [9.17, 15) is 4.79 Å². The van der Waals surface area contributed by atoms with Gasteiger partial charge in [-0.3, -0.25) is 0 Å². The van der Waals surface area contributed by atoms with Crippen molar-refractivity contribution >= 4 is 12.1 Å². The summed E-state index contributed by atoms with van der Waals surface area (Å²) in [6, 6.07) is 20.4. The Kier molecular flexibility index (Phi) is 7.68. The van der Waals surface area contributed by atoms with Gasteiger partial charge in [-0.1, -0.05) is 72.3 Å². The van der Waals surface area contributed by atoms with Gasteiger partial charge in [0.2, 0.25) is 0 Å². The zero-order chi connectivity index (χ0) is 19.6. The van der Waals surface area contributed by atoms with E-state index in [1.165, 1.54) is 11.1 Å². The Bertz CT molecular complexity index is 752. The predicted molar refractivity (Wildman–Crippen MR) is 116 cm³/mol. The highest BCUT2D eigenvalue weighted by molar-refractivity contribution is 5.74. The minimum absolute atomic E-state index is 0.0168. The second-order valence-corrected chi connectivity index (χ2v) is 7.62. The van der Waals surface area contributed by atoms with Gasteiger partial charge in [-0.25, -0.2) is 4.79 Å². The van der Waals surface area contributed by atoms with Gasteiger partial charge in [-0.2, -0.15) is 0 Å². The average Bonchev–Trinajstić information content (AvgIpc) is 2.74. The third-order valence-corrected chi connectivity index (χ3v) is 5.16. The van der Waals surface area contributed by atoms with E-state index < -0.39 is 0 Å². The molecule has 0 aromatic heterocycles. The van der Waals surface area contributed by atoms with Crippen LogP contribution in [0.4, 0.5) is 4.79 Å². The number of urea groups is 1. The molecule has 0 spiro atoms. The topological polar surface area (TPSA) is 44.4 Å². The van der Waals surface area contributed by atoms with Gasteiger partial charge in [-0.05, 0) is 49.9 Å². The van der Waals surface area contributed by atoms with Gasteiger partial charge < -0.3 is 15.5 Å². The Morgan fingerprint density at radius 2 is 1.71 bits per heavy atom. The number of piperidine rings is 1. The number of rotatable bonds is 7. The molecule has 2 aromatic carbocycles. The molecule has 0 aliphatic carbocycles. The molecule has 1 saturated heterocycles. The van der Waals surface area contributed by atoms with Gasteiger partial charge in [0.1, 0.15) is 0 Å². The molecule has 148 valence electrons. The zero-order valence-corrected chi connectivity index (χ0v) is 16.7. The van der Waals surface area contributed by atoms with Crippen molar-refractivity contribution < 1.29 is 4.79 Å². The van der Waals surface area contributed by atoms with E-state index in [2.05, 4.69) is 35.8 Å². The molecule has 2 aromatic rings. The third-order valence-electron chi connectivity index (χ3n) is 5.16. The third kappa shape index (κ3) is 6.54. The lowest BCUT2D eigenvalue weighted by atomic mass is 9.97. The van der Waals surface area contributed by atoms with Crippen molar-refractivity contribution in [2.75, 3.05) is 26.2 Å². The van der Waals surface area contributed by atoms with Crippen molar-refractivity contribution in [1.82, 2.24) is 15.5 Å². The molecule has 0 unspecified atom stereocenters. The number of amides is 2. The first-order chi connectivity index (χ1) is 13.7. The van der Waals surface area contributed by atoms with Crippen LogP contribution >= 0.6 is 0 Å². The molecular weight excluding hydrogens is 346 g/mol. The molecule has 2 N–H and O–H groups in total. The summed E-state index contributed by atoms with van der Waals surface area (Å²) in [5.74, 6) is 0.563. The van der Waals surface area contributed by atoms with Crippen LogP contribution < -0.4 is 10.6 Å². The summed E-state index contributed by atoms with van der Waals surface area (Å²) < 4.78 is 0. The summed E-state index contributed by atoms with van der Waals surface area (Å²) in [5, 5.41) is 6.51. The number of nitrogens with zero attached hydrogens (tertiary/aromatic N) is 1. The monoisotopic (exact) mass is 377 g/mol. The van der Waals surface area contributed by atoms with E-state index >= 15 is 0 Å². The van der Waals surface area contributed by atoms with Crippen molar-refractivity contribution in [3.05, 3.63) is 77.4 Å². The van der Waals surface area contributed by atoms with Crippen LogP contribution in [0.5, 0.6) is 0 Å². The molecule has 1 aliphatic heterocycles. The molecule has 1 heterocycles. The molecule has 0 saturated carbocycles. The zero-order valence-electron chi connectivity index (χ0n) is 16.7. The second kappa shape index (κ2) is 10.7. The number of hydrogen-bond acceptors (Lipinski definition) is 2. The highest BCUT2D eigenvalue weighted by Gasteiger charge is 2.21. The molecule has 0 radical (unpaired) electrons. The van der Waals surface area contributed by atoms with Crippen LogP contribution in [0.1, 0.15) is 30.9 Å². The molecule has 1 aliphatic rings. The van der Waals surface area contributed by atoms with Gasteiger partial charge in [0.25, 0.3) is 0 Å². The summed E-state index contributed by atoms with van der Waals surface area (Å²) in [6.07, 6.45) is 4.42. The van der Waals surface area contributed by atoms with Crippen LogP contribution in [0.2, 0.25) is 0 Å². The van der Waals surface area contributed by atoms with Gasteiger partial charge in [0.15, 0.2) is 0 Å². The van der Waals surface area contributed by atoms with E-state index in [4.69, 9.17) is 0 Å². The quantitative estimate of drug-likeness (QED) is 0.755. The van der Waals surface area contributed by atoms with E-state index in [0.717, 1.165) is 38.0 Å². The van der Waals surface area contributed by atoms with Crippen LogP contribution in [0.3, 0.4) is 0 Å². The maximum Gasteiger partial charge on any atom is 0.317 e. The molecule has 0 atom stereocenters. The molecule has 3 rings (SSSR count). The minimum Gasteiger partial charge on any atom is -0.334 e. The van der Waals surface area contributed by atoms with Crippen molar-refractivity contribution in [1.29, 1.82) is 0 Å². The summed E-state index contributed by atoms with van der Waals surface area (Å²) in [6.45, 7) is 6.21. The van der Waals surface area contributed by atoms with Crippen LogP contribution in [0, 0.1) is 5.92 Å². The molecule has 4 nitrogen and oxygen atoms in total. The highest BCUT2D eigenvalue weighted by atomic mass is 16.2. The maximum atomic E-state index is 13.0. The first-order valence-electron chi connectivity index (χ1n) is 10.2. The normalized spacial score (nSPS) is 15.2. The van der Waals surface area contributed by atoms with Crippen molar-refractivity contribution in [2.45, 2.75) is 26.3 Å². The van der Waals surface area contributed by atoms with Gasteiger partial charge >= 0.3 is 6.03 Å². The summed E-state index contributed by atoms with van der Waals surface area (Å²) >= 11 is 0. The maximum absolute atomic E-state index is 13.0. The van der Waals surface area contributed by atoms with E-state index in [1.807, 2.05) is 53.4 Å². The molecule has 2 amide bonds. The Hall–Kier alpha value is -2.59. The largest absolute Gasteiger partial charge is 0.334 e. The number of hydrogen-bond donors (Lipinski definition) is 2. The van der Waals surface area contributed by atoms with Gasteiger partial charge in [0.05, 0.1) is 0 Å². The summed E-state index contributed by atoms with van der Waals surface area (Å²) in [4.78, 5) is 14.9. The predicted octanol–water partition coefficient (Wildman–Crippen LogP) is 4.30. The van der Waals surface area contributed by atoms with E-state index in [0.29, 0.717) is 19.0 Å². The fraction of sp³-hybridized carbons (Fsp3) is 0.375. The van der Waals surface area contributed by atoms with Crippen LogP contribution in [0.25, 0.3) is 6.08 Å². The molecule has 28 heavy (non-hydrogen) atoms. The lowest BCUT2D eigenvalue weighted by Gasteiger charge is -2.30. The number of carbonyl (C=O) groups is 1. The first-order valence-corrected chi connectivity index (χ1v) is 10.2. The lowest BCUT2D eigenvalue weighted by molar-refractivity contribution is 0.185. The van der Waals surface area contributed by atoms with Gasteiger partial charge in [-0.15, -0.1) is 0 Å². The molecule has 0 bridgehead atoms. The Labute approximate surface area is 168 Å². The summed E-state index contributed by atoms with van der Waals surface area (Å²) in [5.41, 5.74) is 3.48. The smallest absolute Gasteiger partial charge is 0.317 e. The fourth-order valence-electron chi connectivity index (χ4n) is 3.66. The second-order valence-electron chi connectivity index (χ2n) is 7.62. The average molecular weight is 378 g/mol. The van der Waals surface area contributed by atoms with Crippen molar-refractivity contribution in [3.63, 3.8) is 0 Å². The standard InChI is InChI=1S/C24H31N3O/c1-20(16-21-8-4-2-5-9-21)18-27(19-23-12-14-25-15-13-23)24(28)26-17-22-10-6-3-7-11-22/h2-11,16,23,25H,12-15,17-19H2,1H3,(H,26,28).